The van der Waals surface area contributed by atoms with E-state index in [0.717, 1.165) is 5.69 Å². The van der Waals surface area contributed by atoms with Gasteiger partial charge in [-0.05, 0) is 37.1 Å². The first-order valence-corrected chi connectivity index (χ1v) is 8.59. The van der Waals surface area contributed by atoms with Crippen LogP contribution in [0.25, 0.3) is 0 Å². The lowest BCUT2D eigenvalue weighted by molar-refractivity contribution is 0.1000. The van der Waals surface area contributed by atoms with Gasteiger partial charge < -0.3 is 11.1 Å². The number of halogens is 1. The molecule has 0 spiro atoms. The summed E-state index contributed by atoms with van der Waals surface area (Å²) in [5.41, 5.74) is 8.80. The summed E-state index contributed by atoms with van der Waals surface area (Å²) in [4.78, 5) is 20.0. The Morgan fingerprint density at radius 3 is 2.58 bits per heavy atom. The summed E-state index contributed by atoms with van der Waals surface area (Å²) in [6.07, 6.45) is 3.88. The first-order chi connectivity index (χ1) is 12.5. The van der Waals surface area contributed by atoms with Crippen LogP contribution in [0.4, 0.5) is 5.82 Å². The van der Waals surface area contributed by atoms with Gasteiger partial charge >= 0.3 is 0 Å². The van der Waals surface area contributed by atoms with Gasteiger partial charge in [-0.25, -0.2) is 4.98 Å². The molecule has 0 radical (unpaired) electrons. The molecule has 1 aromatic carbocycles. The van der Waals surface area contributed by atoms with Gasteiger partial charge in [0.25, 0.3) is 0 Å². The predicted octanol–water partition coefficient (Wildman–Crippen LogP) is 3.93. The molecule has 0 bridgehead atoms. The number of benzene rings is 1. The Labute approximate surface area is 157 Å². The highest BCUT2D eigenvalue weighted by molar-refractivity contribution is 6.33. The number of nitrogens with zero attached hydrogens (tertiary/aromatic N) is 2. The van der Waals surface area contributed by atoms with Gasteiger partial charge in [-0.2, -0.15) is 0 Å². The number of rotatable bonds is 6. The summed E-state index contributed by atoms with van der Waals surface area (Å²) in [5.74, 6) is -0.0775. The van der Waals surface area contributed by atoms with Gasteiger partial charge in [0.15, 0.2) is 0 Å². The highest BCUT2D eigenvalue weighted by Gasteiger charge is 2.16. The van der Waals surface area contributed by atoms with Crippen molar-refractivity contribution in [2.45, 2.75) is 19.4 Å². The van der Waals surface area contributed by atoms with E-state index in [9.17, 15) is 4.79 Å². The van der Waals surface area contributed by atoms with E-state index in [4.69, 9.17) is 17.3 Å². The van der Waals surface area contributed by atoms with Crippen LogP contribution in [0.3, 0.4) is 0 Å². The summed E-state index contributed by atoms with van der Waals surface area (Å²) >= 11 is 6.28. The molecule has 3 N–H and O–H groups in total. The normalized spacial score (nSPS) is 11.8. The zero-order valence-electron chi connectivity index (χ0n) is 14.3. The molecule has 132 valence electrons. The highest BCUT2D eigenvalue weighted by Crippen LogP contribution is 2.26. The van der Waals surface area contributed by atoms with Gasteiger partial charge in [0.2, 0.25) is 5.91 Å². The SMILES string of the molecule is Cc1ccc(CC(Nc2ncc(C(N)=O)cc2Cl)c2ccccn2)cc1. The molecule has 0 fully saturated rings. The molecule has 1 unspecified atom stereocenters. The summed E-state index contributed by atoms with van der Waals surface area (Å²) in [5, 5.41) is 3.67. The van der Waals surface area contributed by atoms with Crippen LogP contribution in [-0.2, 0) is 6.42 Å². The van der Waals surface area contributed by atoms with Gasteiger partial charge in [-0.1, -0.05) is 47.5 Å². The second kappa shape index (κ2) is 7.97. The van der Waals surface area contributed by atoms with Crippen LogP contribution >= 0.6 is 11.6 Å². The zero-order valence-corrected chi connectivity index (χ0v) is 15.1. The molecule has 2 heterocycles. The number of nitrogens with one attached hydrogen (secondary N) is 1. The minimum atomic E-state index is -0.563. The fourth-order valence-electron chi connectivity index (χ4n) is 2.62. The van der Waals surface area contributed by atoms with Crippen LogP contribution in [0.2, 0.25) is 5.02 Å². The van der Waals surface area contributed by atoms with Gasteiger partial charge in [0.05, 0.1) is 22.3 Å². The van der Waals surface area contributed by atoms with E-state index >= 15 is 0 Å². The highest BCUT2D eigenvalue weighted by atomic mass is 35.5. The summed E-state index contributed by atoms with van der Waals surface area (Å²) in [7, 11) is 0. The maximum atomic E-state index is 11.3. The molecule has 1 atom stereocenters. The third-order valence-electron chi connectivity index (χ3n) is 4.04. The summed E-state index contributed by atoms with van der Waals surface area (Å²) in [6, 6.07) is 15.5. The second-order valence-electron chi connectivity index (χ2n) is 6.06. The average molecular weight is 367 g/mol. The first-order valence-electron chi connectivity index (χ1n) is 8.21. The van der Waals surface area contributed by atoms with Gasteiger partial charge in [0, 0.05) is 12.4 Å². The van der Waals surface area contributed by atoms with Crippen molar-refractivity contribution >= 4 is 23.3 Å². The number of nitrogens with two attached hydrogens (primary N) is 1. The van der Waals surface area contributed by atoms with Gasteiger partial charge in [-0.15, -0.1) is 0 Å². The molecule has 26 heavy (non-hydrogen) atoms. The van der Waals surface area contributed by atoms with Gasteiger partial charge in [0.1, 0.15) is 5.82 Å². The van der Waals surface area contributed by atoms with Crippen molar-refractivity contribution in [2.75, 3.05) is 5.32 Å². The maximum Gasteiger partial charge on any atom is 0.250 e. The Bertz CT molecular complexity index is 897. The van der Waals surface area contributed by atoms with Crippen molar-refractivity contribution in [3.05, 3.63) is 88.3 Å². The van der Waals surface area contributed by atoms with Crippen molar-refractivity contribution in [3.8, 4) is 0 Å². The van der Waals surface area contributed by atoms with Crippen molar-refractivity contribution in [1.82, 2.24) is 9.97 Å². The molecule has 0 saturated carbocycles. The van der Waals surface area contributed by atoms with Crippen molar-refractivity contribution < 1.29 is 4.79 Å². The lowest BCUT2D eigenvalue weighted by atomic mass is 10.0. The number of carbonyl (C=O) groups excluding carboxylic acids is 1. The van der Waals surface area contributed by atoms with Crippen molar-refractivity contribution in [1.29, 1.82) is 0 Å². The predicted molar refractivity (Wildman–Crippen MR) is 103 cm³/mol. The molecule has 2 aromatic heterocycles. The third kappa shape index (κ3) is 4.37. The summed E-state index contributed by atoms with van der Waals surface area (Å²) in [6.45, 7) is 2.06. The number of aryl methyl sites for hydroxylation is 1. The number of hydrogen-bond acceptors (Lipinski definition) is 4. The second-order valence-corrected chi connectivity index (χ2v) is 6.47. The Hall–Kier alpha value is -2.92. The number of hydrogen-bond donors (Lipinski definition) is 2. The lowest BCUT2D eigenvalue weighted by Gasteiger charge is -2.20. The topological polar surface area (TPSA) is 80.9 Å². The molecule has 6 heteroatoms. The van der Waals surface area contributed by atoms with E-state index in [1.165, 1.54) is 23.4 Å². The molecule has 0 aliphatic rings. The Kier molecular flexibility index (Phi) is 5.49. The van der Waals surface area contributed by atoms with E-state index in [0.29, 0.717) is 17.3 Å². The molecule has 3 rings (SSSR count). The monoisotopic (exact) mass is 366 g/mol. The molecule has 0 aliphatic heterocycles. The molecule has 0 saturated heterocycles. The smallest absolute Gasteiger partial charge is 0.250 e. The largest absolute Gasteiger partial charge is 0.366 e. The number of carbonyl (C=O) groups is 1. The minimum Gasteiger partial charge on any atom is -0.366 e. The fraction of sp³-hybridized carbons (Fsp3) is 0.150. The van der Waals surface area contributed by atoms with Crippen LogP contribution in [-0.4, -0.2) is 15.9 Å². The lowest BCUT2D eigenvalue weighted by Crippen LogP contribution is -2.17. The number of primary amides is 1. The quantitative estimate of drug-likeness (QED) is 0.692. The Morgan fingerprint density at radius 1 is 1.19 bits per heavy atom. The van der Waals surface area contributed by atoms with E-state index < -0.39 is 5.91 Å². The average Bonchev–Trinajstić information content (AvgIpc) is 2.65. The number of pyridine rings is 2. The first kappa shape index (κ1) is 17.9. The molecule has 1 amide bonds. The number of anilines is 1. The Morgan fingerprint density at radius 2 is 1.96 bits per heavy atom. The third-order valence-corrected chi connectivity index (χ3v) is 4.33. The molecule has 3 aromatic rings. The summed E-state index contributed by atoms with van der Waals surface area (Å²) < 4.78 is 0. The van der Waals surface area contributed by atoms with E-state index in [-0.39, 0.29) is 11.6 Å². The standard InChI is InChI=1S/C20H19ClN4O/c1-13-5-7-14(8-6-13)10-18(17-4-2-3-9-23-17)25-20-16(21)11-15(12-24-20)19(22)26/h2-9,11-12,18H,10H2,1H3,(H2,22,26)(H,24,25). The zero-order chi connectivity index (χ0) is 18.5. The number of amides is 1. The van der Waals surface area contributed by atoms with Crippen LogP contribution in [0.1, 0.15) is 33.2 Å². The maximum absolute atomic E-state index is 11.3. The molecule has 5 nitrogen and oxygen atoms in total. The molecular weight excluding hydrogens is 348 g/mol. The fourth-order valence-corrected chi connectivity index (χ4v) is 2.84. The van der Waals surface area contributed by atoms with Crippen LogP contribution < -0.4 is 11.1 Å². The van der Waals surface area contributed by atoms with Crippen molar-refractivity contribution in [2.24, 2.45) is 5.73 Å². The van der Waals surface area contributed by atoms with Crippen molar-refractivity contribution in [3.63, 3.8) is 0 Å². The number of aromatic nitrogens is 2. The Balaban J connectivity index is 1.89. The van der Waals surface area contributed by atoms with Crippen LogP contribution in [0.15, 0.2) is 60.9 Å². The molecule has 0 aliphatic carbocycles. The molecular formula is C20H19ClN4O. The van der Waals surface area contributed by atoms with E-state index in [1.807, 2.05) is 18.2 Å². The van der Waals surface area contributed by atoms with Crippen LogP contribution in [0.5, 0.6) is 0 Å². The van der Waals surface area contributed by atoms with E-state index in [1.54, 1.807) is 6.20 Å². The van der Waals surface area contributed by atoms with Crippen LogP contribution in [0, 0.1) is 6.92 Å². The van der Waals surface area contributed by atoms with Gasteiger partial charge in [-0.3, -0.25) is 9.78 Å². The van der Waals surface area contributed by atoms with E-state index in [2.05, 4.69) is 46.5 Å². The minimum absolute atomic E-state index is 0.122.